The van der Waals surface area contributed by atoms with Crippen LogP contribution in [0.1, 0.15) is 31.4 Å². The summed E-state index contributed by atoms with van der Waals surface area (Å²) in [4.78, 5) is 0. The molecule has 0 aliphatic carbocycles. The number of aliphatic hydroxyl groups excluding tert-OH is 1. The van der Waals surface area contributed by atoms with E-state index in [0.29, 0.717) is 17.5 Å². The van der Waals surface area contributed by atoms with Gasteiger partial charge in [0, 0.05) is 23.7 Å². The molecule has 0 amide bonds. The van der Waals surface area contributed by atoms with Gasteiger partial charge in [-0.15, -0.1) is 0 Å². The molecule has 0 radical (unpaired) electrons. The fourth-order valence-corrected chi connectivity index (χ4v) is 2.33. The highest BCUT2D eigenvalue weighted by Crippen LogP contribution is 2.19. The number of rotatable bonds is 6. The minimum Gasteiger partial charge on any atom is -0.396 e. The van der Waals surface area contributed by atoms with Crippen LogP contribution in [0.15, 0.2) is 22.7 Å². The molecule has 0 unspecified atom stereocenters. The standard InChI is InChI=1S/C14H19BrN2O/c1-10(2)14(5-6-18)17-9-12-4-3-11(8-16)7-13(12)15/h3-4,7,10,14,17-18H,5-6,9H2,1-2H3/t14-/m1/s1. The summed E-state index contributed by atoms with van der Waals surface area (Å²) in [5, 5.41) is 21.3. The summed E-state index contributed by atoms with van der Waals surface area (Å²) in [6, 6.07) is 8.01. The number of hydrogen-bond acceptors (Lipinski definition) is 3. The van der Waals surface area contributed by atoms with Gasteiger partial charge in [0.05, 0.1) is 11.6 Å². The smallest absolute Gasteiger partial charge is 0.0992 e. The number of hydrogen-bond donors (Lipinski definition) is 2. The van der Waals surface area contributed by atoms with Crippen LogP contribution in [0, 0.1) is 17.2 Å². The average Bonchev–Trinajstić information content (AvgIpc) is 2.35. The quantitative estimate of drug-likeness (QED) is 0.849. The van der Waals surface area contributed by atoms with E-state index in [2.05, 4.69) is 41.2 Å². The fourth-order valence-electron chi connectivity index (χ4n) is 1.81. The molecule has 0 heterocycles. The van der Waals surface area contributed by atoms with Crippen molar-refractivity contribution in [2.24, 2.45) is 5.92 Å². The predicted molar refractivity (Wildman–Crippen MR) is 76.0 cm³/mol. The van der Waals surface area contributed by atoms with Gasteiger partial charge in [-0.3, -0.25) is 0 Å². The van der Waals surface area contributed by atoms with Crippen molar-refractivity contribution in [2.75, 3.05) is 6.61 Å². The molecule has 1 atom stereocenters. The summed E-state index contributed by atoms with van der Waals surface area (Å²) in [5.74, 6) is 0.481. The summed E-state index contributed by atoms with van der Waals surface area (Å²) in [6.45, 7) is 5.21. The van der Waals surface area contributed by atoms with E-state index in [4.69, 9.17) is 10.4 Å². The van der Waals surface area contributed by atoms with Gasteiger partial charge in [0.25, 0.3) is 0 Å². The second kappa shape index (κ2) is 7.52. The van der Waals surface area contributed by atoms with Crippen LogP contribution in [0.2, 0.25) is 0 Å². The van der Waals surface area contributed by atoms with Gasteiger partial charge < -0.3 is 10.4 Å². The third-order valence-corrected chi connectivity index (χ3v) is 3.72. The van der Waals surface area contributed by atoms with E-state index in [0.717, 1.165) is 23.0 Å². The van der Waals surface area contributed by atoms with Crippen LogP contribution in [0.25, 0.3) is 0 Å². The Morgan fingerprint density at radius 3 is 2.67 bits per heavy atom. The number of aliphatic hydroxyl groups is 1. The highest BCUT2D eigenvalue weighted by Gasteiger charge is 2.12. The second-order valence-corrected chi connectivity index (χ2v) is 5.52. The first-order valence-corrected chi connectivity index (χ1v) is 6.90. The largest absolute Gasteiger partial charge is 0.396 e. The van der Waals surface area contributed by atoms with Crippen LogP contribution in [0.4, 0.5) is 0 Å². The van der Waals surface area contributed by atoms with Gasteiger partial charge in [-0.05, 0) is 30.0 Å². The molecule has 0 aromatic heterocycles. The number of nitrogens with one attached hydrogen (secondary N) is 1. The summed E-state index contributed by atoms with van der Waals surface area (Å²) in [5.41, 5.74) is 1.78. The van der Waals surface area contributed by atoms with Crippen molar-refractivity contribution in [3.05, 3.63) is 33.8 Å². The van der Waals surface area contributed by atoms with E-state index in [9.17, 15) is 0 Å². The lowest BCUT2D eigenvalue weighted by Crippen LogP contribution is -2.34. The Hall–Kier alpha value is -0.890. The third-order valence-electron chi connectivity index (χ3n) is 2.98. The Labute approximate surface area is 117 Å². The van der Waals surface area contributed by atoms with Crippen LogP contribution >= 0.6 is 15.9 Å². The van der Waals surface area contributed by atoms with Gasteiger partial charge in [-0.2, -0.15) is 5.26 Å². The summed E-state index contributed by atoms with van der Waals surface area (Å²) in [7, 11) is 0. The lowest BCUT2D eigenvalue weighted by atomic mass is 10.0. The molecule has 0 aliphatic heterocycles. The van der Waals surface area contributed by atoms with E-state index in [1.165, 1.54) is 0 Å². The number of halogens is 1. The monoisotopic (exact) mass is 310 g/mol. The highest BCUT2D eigenvalue weighted by atomic mass is 79.9. The Morgan fingerprint density at radius 1 is 1.44 bits per heavy atom. The van der Waals surface area contributed by atoms with E-state index < -0.39 is 0 Å². The first-order chi connectivity index (χ1) is 8.58. The Morgan fingerprint density at radius 2 is 2.17 bits per heavy atom. The number of benzene rings is 1. The maximum absolute atomic E-state index is 9.02. The minimum atomic E-state index is 0.199. The zero-order valence-corrected chi connectivity index (χ0v) is 12.4. The second-order valence-electron chi connectivity index (χ2n) is 4.66. The van der Waals surface area contributed by atoms with Crippen molar-refractivity contribution in [1.29, 1.82) is 5.26 Å². The first kappa shape index (κ1) is 15.2. The molecule has 18 heavy (non-hydrogen) atoms. The van der Waals surface area contributed by atoms with Gasteiger partial charge in [0.15, 0.2) is 0 Å². The Balaban J connectivity index is 2.65. The normalized spacial score (nSPS) is 12.4. The van der Waals surface area contributed by atoms with Crippen molar-refractivity contribution >= 4 is 15.9 Å². The van der Waals surface area contributed by atoms with E-state index in [-0.39, 0.29) is 6.61 Å². The van der Waals surface area contributed by atoms with E-state index in [1.807, 2.05) is 18.2 Å². The van der Waals surface area contributed by atoms with Gasteiger partial charge in [0.1, 0.15) is 0 Å². The zero-order chi connectivity index (χ0) is 13.5. The molecule has 1 aromatic rings. The lowest BCUT2D eigenvalue weighted by Gasteiger charge is -2.22. The van der Waals surface area contributed by atoms with Gasteiger partial charge >= 0.3 is 0 Å². The number of nitrogens with zero attached hydrogens (tertiary/aromatic N) is 1. The topological polar surface area (TPSA) is 56.0 Å². The van der Waals surface area contributed by atoms with Crippen molar-refractivity contribution in [2.45, 2.75) is 32.9 Å². The lowest BCUT2D eigenvalue weighted by molar-refractivity contribution is 0.244. The van der Waals surface area contributed by atoms with Crippen LogP contribution in [0.3, 0.4) is 0 Å². The maximum Gasteiger partial charge on any atom is 0.0992 e. The van der Waals surface area contributed by atoms with Crippen molar-refractivity contribution < 1.29 is 5.11 Å². The first-order valence-electron chi connectivity index (χ1n) is 6.11. The van der Waals surface area contributed by atoms with Crippen LogP contribution < -0.4 is 5.32 Å². The van der Waals surface area contributed by atoms with Crippen molar-refractivity contribution in [1.82, 2.24) is 5.32 Å². The van der Waals surface area contributed by atoms with Gasteiger partial charge in [-0.1, -0.05) is 35.8 Å². The molecule has 0 spiro atoms. The molecular formula is C14H19BrN2O. The molecule has 1 rings (SSSR count). The molecule has 98 valence electrons. The van der Waals surface area contributed by atoms with E-state index >= 15 is 0 Å². The minimum absolute atomic E-state index is 0.199. The van der Waals surface area contributed by atoms with Crippen LogP contribution in [0.5, 0.6) is 0 Å². The van der Waals surface area contributed by atoms with Crippen molar-refractivity contribution in [3.63, 3.8) is 0 Å². The molecular weight excluding hydrogens is 292 g/mol. The summed E-state index contributed by atoms with van der Waals surface area (Å²) in [6.07, 6.45) is 0.756. The van der Waals surface area contributed by atoms with Crippen LogP contribution in [-0.2, 0) is 6.54 Å². The third kappa shape index (κ3) is 4.41. The molecule has 0 fully saturated rings. The van der Waals surface area contributed by atoms with Gasteiger partial charge in [-0.25, -0.2) is 0 Å². The summed E-state index contributed by atoms with van der Waals surface area (Å²) >= 11 is 3.47. The van der Waals surface area contributed by atoms with Crippen molar-refractivity contribution in [3.8, 4) is 6.07 Å². The Bertz CT molecular complexity index is 426. The molecule has 0 saturated heterocycles. The van der Waals surface area contributed by atoms with Crippen LogP contribution in [-0.4, -0.2) is 17.8 Å². The molecule has 2 N–H and O–H groups in total. The molecule has 0 aliphatic rings. The number of nitriles is 1. The average molecular weight is 311 g/mol. The molecule has 4 heteroatoms. The predicted octanol–water partition coefficient (Wildman–Crippen LogP) is 2.82. The SMILES string of the molecule is CC(C)[C@@H](CCO)NCc1ccc(C#N)cc1Br. The zero-order valence-electron chi connectivity index (χ0n) is 10.8. The summed E-state index contributed by atoms with van der Waals surface area (Å²) < 4.78 is 0.945. The Kier molecular flexibility index (Phi) is 6.34. The molecule has 0 bridgehead atoms. The molecule has 3 nitrogen and oxygen atoms in total. The van der Waals surface area contributed by atoms with E-state index in [1.54, 1.807) is 0 Å². The maximum atomic E-state index is 9.02. The molecule has 0 saturated carbocycles. The molecule has 1 aromatic carbocycles. The van der Waals surface area contributed by atoms with Gasteiger partial charge in [0.2, 0.25) is 0 Å². The fraction of sp³-hybridized carbons (Fsp3) is 0.500. The highest BCUT2D eigenvalue weighted by molar-refractivity contribution is 9.10.